The van der Waals surface area contributed by atoms with Gasteiger partial charge in [-0.2, -0.15) is 0 Å². The van der Waals surface area contributed by atoms with E-state index in [1.807, 2.05) is 35.2 Å². The summed E-state index contributed by atoms with van der Waals surface area (Å²) in [6.45, 7) is 8.34. The summed E-state index contributed by atoms with van der Waals surface area (Å²) in [5.41, 5.74) is 6.22. The van der Waals surface area contributed by atoms with Crippen molar-refractivity contribution in [2.24, 2.45) is 11.7 Å². The molecule has 1 heterocycles. The third-order valence-electron chi connectivity index (χ3n) is 4.21. The molecule has 1 aliphatic rings. The molecule has 1 fully saturated rings. The van der Waals surface area contributed by atoms with Crippen molar-refractivity contribution in [3.8, 4) is 0 Å². The quantitative estimate of drug-likeness (QED) is 0.896. The maximum atomic E-state index is 12.8. The fraction of sp³-hybridized carbons (Fsp3) is 0.611. The molecule has 1 amide bonds. The Labute approximate surface area is 145 Å². The molecule has 23 heavy (non-hydrogen) atoms. The summed E-state index contributed by atoms with van der Waals surface area (Å²) >= 11 is 0. The molecule has 0 aromatic heterocycles. The summed E-state index contributed by atoms with van der Waals surface area (Å²) in [6, 6.07) is 9.59. The topological polar surface area (TPSA) is 55.6 Å². The number of nitrogens with two attached hydrogens (primary N) is 1. The minimum Gasteiger partial charge on any atom is -0.378 e. The van der Waals surface area contributed by atoms with Crippen molar-refractivity contribution in [1.82, 2.24) is 4.90 Å². The molecule has 1 aromatic rings. The first kappa shape index (κ1) is 19.9. The Balaban J connectivity index is 0.00000264. The standard InChI is InChI=1S/C18H28N2O2.ClH/c1-14(2)13-22-16-9-11-20(12-10-16)17(21)18(3,19)15-7-5-4-6-8-15;/h4-8,14,16H,9-13,19H2,1-3H3;1H. The maximum Gasteiger partial charge on any atom is 0.246 e. The lowest BCUT2D eigenvalue weighted by molar-refractivity contribution is -0.139. The van der Waals surface area contributed by atoms with Gasteiger partial charge in [-0.15, -0.1) is 12.4 Å². The monoisotopic (exact) mass is 340 g/mol. The molecular formula is C18H29ClN2O2. The third kappa shape index (κ3) is 5.20. The number of amides is 1. The van der Waals surface area contributed by atoms with Gasteiger partial charge in [-0.05, 0) is 31.2 Å². The van der Waals surface area contributed by atoms with Gasteiger partial charge in [0.15, 0.2) is 0 Å². The SMILES string of the molecule is CC(C)COC1CCN(C(=O)C(C)(N)c2ccccc2)CC1.Cl. The zero-order chi connectivity index (χ0) is 16.2. The van der Waals surface area contributed by atoms with Crippen molar-refractivity contribution in [3.05, 3.63) is 35.9 Å². The number of halogens is 1. The van der Waals surface area contributed by atoms with E-state index in [2.05, 4.69) is 13.8 Å². The number of benzene rings is 1. The van der Waals surface area contributed by atoms with Gasteiger partial charge in [-0.25, -0.2) is 0 Å². The summed E-state index contributed by atoms with van der Waals surface area (Å²) < 4.78 is 5.87. The van der Waals surface area contributed by atoms with Gasteiger partial charge in [-0.1, -0.05) is 44.2 Å². The summed E-state index contributed by atoms with van der Waals surface area (Å²) in [5, 5.41) is 0. The number of carbonyl (C=O) groups excluding carboxylic acids is 1. The minimum absolute atomic E-state index is 0. The largest absolute Gasteiger partial charge is 0.378 e. The first-order chi connectivity index (χ1) is 10.4. The molecule has 1 aliphatic heterocycles. The van der Waals surface area contributed by atoms with E-state index in [0.717, 1.165) is 38.1 Å². The van der Waals surface area contributed by atoms with E-state index >= 15 is 0 Å². The van der Waals surface area contributed by atoms with Gasteiger partial charge in [0.05, 0.1) is 6.10 Å². The molecule has 0 radical (unpaired) electrons. The molecule has 4 nitrogen and oxygen atoms in total. The zero-order valence-corrected chi connectivity index (χ0v) is 15.1. The fourth-order valence-corrected chi connectivity index (χ4v) is 2.79. The molecule has 2 rings (SSSR count). The molecular weight excluding hydrogens is 312 g/mol. The molecule has 1 unspecified atom stereocenters. The number of nitrogens with zero attached hydrogens (tertiary/aromatic N) is 1. The minimum atomic E-state index is -0.965. The predicted octanol–water partition coefficient (Wildman–Crippen LogP) is 2.95. The van der Waals surface area contributed by atoms with Crippen LogP contribution in [0.5, 0.6) is 0 Å². The molecule has 130 valence electrons. The summed E-state index contributed by atoms with van der Waals surface area (Å²) in [6.07, 6.45) is 2.05. The van der Waals surface area contributed by atoms with E-state index in [1.54, 1.807) is 6.92 Å². The van der Waals surface area contributed by atoms with Crippen LogP contribution in [0.15, 0.2) is 30.3 Å². The molecule has 1 aromatic carbocycles. The molecule has 1 saturated heterocycles. The second-order valence-corrected chi connectivity index (χ2v) is 6.79. The fourth-order valence-electron chi connectivity index (χ4n) is 2.79. The van der Waals surface area contributed by atoms with Crippen LogP contribution in [0.4, 0.5) is 0 Å². The van der Waals surface area contributed by atoms with Crippen LogP contribution in [0, 0.1) is 5.92 Å². The molecule has 0 saturated carbocycles. The first-order valence-corrected chi connectivity index (χ1v) is 8.16. The Morgan fingerprint density at radius 2 is 1.87 bits per heavy atom. The summed E-state index contributed by atoms with van der Waals surface area (Å²) in [4.78, 5) is 14.6. The van der Waals surface area contributed by atoms with Gasteiger partial charge in [0.25, 0.3) is 0 Å². The molecule has 5 heteroatoms. The highest BCUT2D eigenvalue weighted by Gasteiger charge is 2.36. The molecule has 0 aliphatic carbocycles. The number of rotatable bonds is 5. The average Bonchev–Trinajstić information content (AvgIpc) is 2.53. The van der Waals surface area contributed by atoms with Crippen LogP contribution in [-0.4, -0.2) is 36.6 Å². The number of likely N-dealkylation sites (tertiary alicyclic amines) is 1. The van der Waals surface area contributed by atoms with Gasteiger partial charge in [-0.3, -0.25) is 4.79 Å². The van der Waals surface area contributed by atoms with Crippen molar-refractivity contribution < 1.29 is 9.53 Å². The van der Waals surface area contributed by atoms with Crippen molar-refractivity contribution in [1.29, 1.82) is 0 Å². The van der Waals surface area contributed by atoms with Crippen LogP contribution in [0.1, 0.15) is 39.2 Å². The first-order valence-electron chi connectivity index (χ1n) is 8.16. The third-order valence-corrected chi connectivity index (χ3v) is 4.21. The van der Waals surface area contributed by atoms with E-state index in [0.29, 0.717) is 5.92 Å². The number of piperidine rings is 1. The number of carbonyl (C=O) groups is 1. The smallest absolute Gasteiger partial charge is 0.246 e. The van der Waals surface area contributed by atoms with Crippen molar-refractivity contribution >= 4 is 18.3 Å². The highest BCUT2D eigenvalue weighted by atomic mass is 35.5. The van der Waals surface area contributed by atoms with Crippen LogP contribution in [-0.2, 0) is 15.1 Å². The van der Waals surface area contributed by atoms with Crippen molar-refractivity contribution in [2.45, 2.75) is 45.3 Å². The Morgan fingerprint density at radius 3 is 2.39 bits per heavy atom. The van der Waals surface area contributed by atoms with Crippen LogP contribution < -0.4 is 5.73 Å². The predicted molar refractivity (Wildman–Crippen MR) is 95.6 cm³/mol. The summed E-state index contributed by atoms with van der Waals surface area (Å²) in [7, 11) is 0. The van der Waals surface area contributed by atoms with Crippen molar-refractivity contribution in [2.75, 3.05) is 19.7 Å². The summed E-state index contributed by atoms with van der Waals surface area (Å²) in [5.74, 6) is 0.547. The van der Waals surface area contributed by atoms with Gasteiger partial charge < -0.3 is 15.4 Å². The van der Waals surface area contributed by atoms with E-state index in [9.17, 15) is 4.79 Å². The molecule has 2 N–H and O–H groups in total. The van der Waals surface area contributed by atoms with E-state index in [-0.39, 0.29) is 24.4 Å². The molecule has 0 spiro atoms. The molecule has 1 atom stereocenters. The zero-order valence-electron chi connectivity index (χ0n) is 14.3. The average molecular weight is 341 g/mol. The van der Waals surface area contributed by atoms with Crippen LogP contribution in [0.2, 0.25) is 0 Å². The van der Waals surface area contributed by atoms with Gasteiger partial charge in [0.2, 0.25) is 5.91 Å². The second-order valence-electron chi connectivity index (χ2n) is 6.79. The maximum absolute atomic E-state index is 12.8. The Morgan fingerprint density at radius 1 is 1.30 bits per heavy atom. The van der Waals surface area contributed by atoms with E-state index in [4.69, 9.17) is 10.5 Å². The second kappa shape index (κ2) is 8.67. The van der Waals surface area contributed by atoms with Crippen LogP contribution in [0.3, 0.4) is 0 Å². The lowest BCUT2D eigenvalue weighted by Crippen LogP contribution is -2.53. The van der Waals surface area contributed by atoms with E-state index < -0.39 is 5.54 Å². The van der Waals surface area contributed by atoms with Gasteiger partial charge in [0, 0.05) is 19.7 Å². The Kier molecular flexibility index (Phi) is 7.52. The normalized spacial score (nSPS) is 18.4. The number of hydrogen-bond donors (Lipinski definition) is 1. The highest BCUT2D eigenvalue weighted by molar-refractivity contribution is 5.87. The van der Waals surface area contributed by atoms with Crippen LogP contribution in [0.25, 0.3) is 0 Å². The van der Waals surface area contributed by atoms with Gasteiger partial charge in [0.1, 0.15) is 5.54 Å². The van der Waals surface area contributed by atoms with Gasteiger partial charge >= 0.3 is 0 Å². The van der Waals surface area contributed by atoms with Crippen LogP contribution >= 0.6 is 12.4 Å². The highest BCUT2D eigenvalue weighted by Crippen LogP contribution is 2.23. The number of ether oxygens (including phenoxy) is 1. The Bertz CT molecular complexity index is 483. The lowest BCUT2D eigenvalue weighted by atomic mass is 9.90. The van der Waals surface area contributed by atoms with Crippen molar-refractivity contribution in [3.63, 3.8) is 0 Å². The lowest BCUT2D eigenvalue weighted by Gasteiger charge is -2.37. The Hall–Kier alpha value is -1.10. The van der Waals surface area contributed by atoms with E-state index in [1.165, 1.54) is 0 Å². The number of hydrogen-bond acceptors (Lipinski definition) is 3. The molecule has 0 bridgehead atoms.